The second kappa shape index (κ2) is 9.67. The first-order chi connectivity index (χ1) is 14.8. The zero-order chi connectivity index (χ0) is 22.4. The maximum Gasteiger partial charge on any atom is 0.267 e. The number of nitrogens with zero attached hydrogens (tertiary/aromatic N) is 2. The summed E-state index contributed by atoms with van der Waals surface area (Å²) in [7, 11) is -3.68. The van der Waals surface area contributed by atoms with Gasteiger partial charge in [0.2, 0.25) is 15.9 Å². The van der Waals surface area contributed by atoms with Crippen LogP contribution >= 0.6 is 0 Å². The third-order valence-corrected chi connectivity index (χ3v) is 6.20. The molecular weight excluding hydrogens is 416 g/mol. The fourth-order valence-corrected chi connectivity index (χ4v) is 4.34. The molecule has 0 saturated carbocycles. The lowest BCUT2D eigenvalue weighted by Gasteiger charge is -2.11. The van der Waals surface area contributed by atoms with Gasteiger partial charge >= 0.3 is 0 Å². The van der Waals surface area contributed by atoms with Gasteiger partial charge in [-0.2, -0.15) is 5.10 Å². The summed E-state index contributed by atoms with van der Waals surface area (Å²) in [6, 6.07) is 17.5. The number of hydrogen-bond acceptors (Lipinski definition) is 5. The third-order valence-electron chi connectivity index (χ3n) is 4.60. The minimum absolute atomic E-state index is 0.0217. The first-order valence-corrected chi connectivity index (χ1v) is 11.2. The molecule has 0 atom stereocenters. The monoisotopic (exact) mass is 440 g/mol. The molecule has 0 saturated heterocycles. The number of carbonyl (C=O) groups excluding carboxylic acids is 1. The summed E-state index contributed by atoms with van der Waals surface area (Å²) in [5, 5.41) is 6.84. The molecule has 2 aromatic carbocycles. The Morgan fingerprint density at radius 1 is 1.00 bits per heavy atom. The second-order valence-electron chi connectivity index (χ2n) is 7.10. The molecule has 2 N–H and O–H groups in total. The molecule has 31 heavy (non-hydrogen) atoms. The van der Waals surface area contributed by atoms with Crippen molar-refractivity contribution in [2.24, 2.45) is 0 Å². The number of carbonyl (C=O) groups is 1. The highest BCUT2D eigenvalue weighted by Crippen LogP contribution is 2.16. The smallest absolute Gasteiger partial charge is 0.267 e. The zero-order valence-corrected chi connectivity index (χ0v) is 18.1. The normalized spacial score (nSPS) is 11.3. The van der Waals surface area contributed by atoms with Crippen molar-refractivity contribution in [1.29, 1.82) is 0 Å². The van der Waals surface area contributed by atoms with Gasteiger partial charge in [-0.25, -0.2) is 17.8 Å². The minimum atomic E-state index is -3.68. The van der Waals surface area contributed by atoms with E-state index in [9.17, 15) is 18.0 Å². The van der Waals surface area contributed by atoms with Crippen LogP contribution in [0.4, 0.5) is 0 Å². The van der Waals surface area contributed by atoms with E-state index in [1.807, 2.05) is 43.3 Å². The van der Waals surface area contributed by atoms with Gasteiger partial charge in [-0.05, 0) is 37.1 Å². The first-order valence-electron chi connectivity index (χ1n) is 9.73. The highest BCUT2D eigenvalue weighted by Gasteiger charge is 2.16. The van der Waals surface area contributed by atoms with Crippen LogP contribution in [-0.2, 0) is 21.4 Å². The second-order valence-corrected chi connectivity index (χ2v) is 8.83. The van der Waals surface area contributed by atoms with Gasteiger partial charge < -0.3 is 5.32 Å². The molecule has 3 rings (SSSR count). The van der Waals surface area contributed by atoms with Gasteiger partial charge in [0, 0.05) is 24.7 Å². The number of aromatic nitrogens is 2. The Balaban J connectivity index is 1.56. The lowest BCUT2D eigenvalue weighted by molar-refractivity contribution is -0.121. The van der Waals surface area contributed by atoms with Crippen molar-refractivity contribution in [3.8, 4) is 11.3 Å². The molecule has 1 heterocycles. The molecule has 0 unspecified atom stereocenters. The zero-order valence-electron chi connectivity index (χ0n) is 17.3. The predicted molar refractivity (Wildman–Crippen MR) is 118 cm³/mol. The quantitative estimate of drug-likeness (QED) is 0.517. The molecule has 0 aliphatic carbocycles. The van der Waals surface area contributed by atoms with E-state index in [2.05, 4.69) is 15.1 Å². The lowest BCUT2D eigenvalue weighted by Crippen LogP contribution is -2.38. The average Bonchev–Trinajstić information content (AvgIpc) is 2.75. The summed E-state index contributed by atoms with van der Waals surface area (Å²) in [5.74, 6) is -0.439. The molecule has 8 nitrogen and oxygen atoms in total. The number of benzene rings is 2. The van der Waals surface area contributed by atoms with Crippen molar-refractivity contribution < 1.29 is 13.2 Å². The lowest BCUT2D eigenvalue weighted by atomic mass is 10.1. The van der Waals surface area contributed by atoms with E-state index in [0.717, 1.165) is 15.8 Å². The van der Waals surface area contributed by atoms with Gasteiger partial charge in [-0.3, -0.25) is 9.59 Å². The largest absolute Gasteiger partial charge is 0.353 e. The Kier molecular flexibility index (Phi) is 6.98. The number of aryl methyl sites for hydroxylation is 2. The van der Waals surface area contributed by atoms with E-state index in [0.29, 0.717) is 11.3 Å². The van der Waals surface area contributed by atoms with Crippen molar-refractivity contribution in [2.75, 3.05) is 13.1 Å². The van der Waals surface area contributed by atoms with E-state index in [1.165, 1.54) is 6.07 Å². The van der Waals surface area contributed by atoms with Crippen LogP contribution in [0.1, 0.15) is 11.1 Å². The van der Waals surface area contributed by atoms with Gasteiger partial charge in [0.15, 0.2) is 0 Å². The summed E-state index contributed by atoms with van der Waals surface area (Å²) in [4.78, 5) is 24.5. The van der Waals surface area contributed by atoms with Crippen molar-refractivity contribution in [3.63, 3.8) is 0 Å². The maximum atomic E-state index is 12.5. The highest BCUT2D eigenvalue weighted by atomic mass is 32.2. The molecule has 162 valence electrons. The SMILES string of the molecule is Cc1ccc(C)c(S(=O)(=O)NCCNC(=O)Cn2nc(-c3ccccc3)ccc2=O)c1. The first kappa shape index (κ1) is 22.4. The maximum absolute atomic E-state index is 12.5. The molecular formula is C22H24N4O4S. The molecule has 9 heteroatoms. The van der Waals surface area contributed by atoms with E-state index in [4.69, 9.17) is 0 Å². The molecule has 0 aliphatic heterocycles. The number of nitrogens with one attached hydrogen (secondary N) is 2. The van der Waals surface area contributed by atoms with Gasteiger partial charge in [0.25, 0.3) is 5.56 Å². The average molecular weight is 441 g/mol. The highest BCUT2D eigenvalue weighted by molar-refractivity contribution is 7.89. The van der Waals surface area contributed by atoms with Crippen molar-refractivity contribution >= 4 is 15.9 Å². The Labute approximate surface area is 181 Å². The summed E-state index contributed by atoms with van der Waals surface area (Å²) >= 11 is 0. The number of amides is 1. The summed E-state index contributed by atoms with van der Waals surface area (Å²) in [5.41, 5.74) is 2.50. The Morgan fingerprint density at radius 2 is 1.74 bits per heavy atom. The molecule has 1 amide bonds. The van der Waals surface area contributed by atoms with Crippen LogP contribution in [0.25, 0.3) is 11.3 Å². The minimum Gasteiger partial charge on any atom is -0.353 e. The predicted octanol–water partition coefficient (Wildman–Crippen LogP) is 1.62. The van der Waals surface area contributed by atoms with Crippen LogP contribution < -0.4 is 15.6 Å². The van der Waals surface area contributed by atoms with Crippen LogP contribution in [0.2, 0.25) is 0 Å². The standard InChI is InChI=1S/C22H24N4O4S/c1-16-8-9-17(2)20(14-16)31(29,30)24-13-12-23-21(27)15-26-22(28)11-10-19(25-26)18-6-4-3-5-7-18/h3-11,14,24H,12-13,15H2,1-2H3,(H,23,27). The molecule has 0 fully saturated rings. The molecule has 1 aromatic heterocycles. The molecule has 0 bridgehead atoms. The van der Waals surface area contributed by atoms with E-state index in [1.54, 1.807) is 25.1 Å². The fraction of sp³-hybridized carbons (Fsp3) is 0.227. The van der Waals surface area contributed by atoms with Crippen molar-refractivity contribution in [3.05, 3.63) is 82.1 Å². The Bertz CT molecular complexity index is 1240. The van der Waals surface area contributed by atoms with Crippen LogP contribution in [0.5, 0.6) is 0 Å². The van der Waals surface area contributed by atoms with Crippen molar-refractivity contribution in [2.45, 2.75) is 25.3 Å². The number of rotatable bonds is 8. The van der Waals surface area contributed by atoms with E-state index in [-0.39, 0.29) is 24.5 Å². The van der Waals surface area contributed by atoms with Gasteiger partial charge in [-0.15, -0.1) is 0 Å². The molecule has 0 aliphatic rings. The Hall–Kier alpha value is -3.30. The number of sulfonamides is 1. The molecule has 3 aromatic rings. The third kappa shape index (κ3) is 5.87. The van der Waals surface area contributed by atoms with Gasteiger partial charge in [0.05, 0.1) is 10.6 Å². The number of hydrogen-bond donors (Lipinski definition) is 2. The van der Waals surface area contributed by atoms with E-state index >= 15 is 0 Å². The van der Waals surface area contributed by atoms with Crippen LogP contribution in [0.15, 0.2) is 70.4 Å². The summed E-state index contributed by atoms with van der Waals surface area (Å²) < 4.78 is 28.5. The fourth-order valence-electron chi connectivity index (χ4n) is 2.98. The van der Waals surface area contributed by atoms with Crippen LogP contribution in [0.3, 0.4) is 0 Å². The molecule has 0 radical (unpaired) electrons. The van der Waals surface area contributed by atoms with Crippen LogP contribution in [0, 0.1) is 13.8 Å². The Morgan fingerprint density at radius 3 is 2.48 bits per heavy atom. The summed E-state index contributed by atoms with van der Waals surface area (Å²) in [6.45, 7) is 3.39. The van der Waals surface area contributed by atoms with Gasteiger partial charge in [0.1, 0.15) is 6.54 Å². The topological polar surface area (TPSA) is 110 Å². The van der Waals surface area contributed by atoms with Crippen molar-refractivity contribution in [1.82, 2.24) is 19.8 Å². The van der Waals surface area contributed by atoms with Crippen LogP contribution in [-0.4, -0.2) is 37.2 Å². The summed E-state index contributed by atoms with van der Waals surface area (Å²) in [6.07, 6.45) is 0. The molecule has 0 spiro atoms. The van der Waals surface area contributed by atoms with E-state index < -0.39 is 21.5 Å². The van der Waals surface area contributed by atoms with Gasteiger partial charge in [-0.1, -0.05) is 42.5 Å².